The number of hydrogen-bond donors (Lipinski definition) is 3. The molecule has 6 heteroatoms. The molecule has 3 N–H and O–H groups in total. The first kappa shape index (κ1) is 15.6. The summed E-state index contributed by atoms with van der Waals surface area (Å²) in [6.45, 7) is 1.31. The Kier molecular flexibility index (Phi) is 4.64. The molecule has 23 heavy (non-hydrogen) atoms. The molecular formula is C17H19N3O3. The van der Waals surface area contributed by atoms with Gasteiger partial charge in [0.15, 0.2) is 5.78 Å². The van der Waals surface area contributed by atoms with Crippen LogP contribution in [0.5, 0.6) is 0 Å². The summed E-state index contributed by atoms with van der Waals surface area (Å²) in [6, 6.07) is 7.10. The number of pyridine rings is 1. The van der Waals surface area contributed by atoms with Crippen molar-refractivity contribution in [1.82, 2.24) is 15.6 Å². The van der Waals surface area contributed by atoms with Gasteiger partial charge in [0.1, 0.15) is 6.61 Å². The molecule has 1 saturated heterocycles. The molecule has 0 radical (unpaired) electrons. The van der Waals surface area contributed by atoms with Crippen LogP contribution in [0.25, 0.3) is 10.9 Å². The van der Waals surface area contributed by atoms with Gasteiger partial charge in [0.2, 0.25) is 0 Å². The van der Waals surface area contributed by atoms with Crippen LogP contribution in [0.2, 0.25) is 0 Å². The number of carbonyl (C=O) groups is 2. The number of aromatic nitrogens is 1. The molecule has 120 valence electrons. The lowest BCUT2D eigenvalue weighted by molar-refractivity contribution is 0.0901. The van der Waals surface area contributed by atoms with Crippen molar-refractivity contribution in [1.29, 1.82) is 0 Å². The van der Waals surface area contributed by atoms with Crippen LogP contribution in [-0.2, 0) is 0 Å². The Hall–Kier alpha value is -2.31. The zero-order chi connectivity index (χ0) is 16.2. The van der Waals surface area contributed by atoms with Crippen LogP contribution < -0.4 is 10.6 Å². The van der Waals surface area contributed by atoms with Crippen molar-refractivity contribution in [3.63, 3.8) is 0 Å². The first-order chi connectivity index (χ1) is 11.2. The number of rotatable bonds is 4. The van der Waals surface area contributed by atoms with Crippen molar-refractivity contribution in [3.8, 4) is 0 Å². The van der Waals surface area contributed by atoms with Crippen molar-refractivity contribution in [2.75, 3.05) is 19.7 Å². The molecule has 2 heterocycles. The first-order valence-electron chi connectivity index (χ1n) is 7.73. The Bertz CT molecular complexity index is 739. The number of nitrogens with zero attached hydrogens (tertiary/aromatic N) is 1. The summed E-state index contributed by atoms with van der Waals surface area (Å²) in [5, 5.41) is 16.0. The highest BCUT2D eigenvalue weighted by Gasteiger charge is 2.16. The van der Waals surface area contributed by atoms with Crippen LogP contribution in [0.3, 0.4) is 0 Å². The van der Waals surface area contributed by atoms with Crippen molar-refractivity contribution in [2.24, 2.45) is 0 Å². The topological polar surface area (TPSA) is 91.3 Å². The number of hydrogen-bond acceptors (Lipinski definition) is 5. The second kappa shape index (κ2) is 6.85. The van der Waals surface area contributed by atoms with Gasteiger partial charge in [-0.1, -0.05) is 6.07 Å². The van der Waals surface area contributed by atoms with Crippen LogP contribution in [0.4, 0.5) is 0 Å². The average Bonchev–Trinajstić information content (AvgIpc) is 2.61. The minimum absolute atomic E-state index is 0.101. The number of aliphatic hydroxyl groups excluding tert-OH is 1. The fraction of sp³-hybridized carbons (Fsp3) is 0.353. The van der Waals surface area contributed by atoms with Crippen molar-refractivity contribution in [2.45, 2.75) is 18.9 Å². The van der Waals surface area contributed by atoms with Gasteiger partial charge in [0.05, 0.1) is 5.52 Å². The highest BCUT2D eigenvalue weighted by Crippen LogP contribution is 2.16. The minimum atomic E-state index is -0.538. The fourth-order valence-electron chi connectivity index (χ4n) is 2.74. The third kappa shape index (κ3) is 3.55. The van der Waals surface area contributed by atoms with E-state index in [2.05, 4.69) is 15.6 Å². The Morgan fingerprint density at radius 2 is 2.00 bits per heavy atom. The third-order valence-electron chi connectivity index (χ3n) is 4.09. The Morgan fingerprint density at radius 1 is 1.22 bits per heavy atom. The van der Waals surface area contributed by atoms with E-state index in [9.17, 15) is 9.59 Å². The monoisotopic (exact) mass is 313 g/mol. The Morgan fingerprint density at radius 3 is 2.74 bits per heavy atom. The average molecular weight is 313 g/mol. The van der Waals surface area contributed by atoms with Gasteiger partial charge in [0.25, 0.3) is 5.91 Å². The number of amides is 1. The van der Waals surface area contributed by atoms with E-state index in [1.165, 1.54) is 6.20 Å². The molecule has 0 aliphatic carbocycles. The van der Waals surface area contributed by atoms with E-state index in [1.807, 2.05) is 0 Å². The second-order valence-electron chi connectivity index (χ2n) is 5.71. The van der Waals surface area contributed by atoms with Crippen LogP contribution >= 0.6 is 0 Å². The van der Waals surface area contributed by atoms with E-state index in [0.717, 1.165) is 31.3 Å². The maximum atomic E-state index is 12.3. The molecular weight excluding hydrogens is 294 g/mol. The van der Waals surface area contributed by atoms with Gasteiger partial charge in [0, 0.05) is 28.8 Å². The molecule has 6 nitrogen and oxygen atoms in total. The molecule has 0 saturated carbocycles. The van der Waals surface area contributed by atoms with Gasteiger partial charge in [-0.15, -0.1) is 0 Å². The quantitative estimate of drug-likeness (QED) is 0.729. The van der Waals surface area contributed by atoms with E-state index in [4.69, 9.17) is 5.11 Å². The normalized spacial score (nSPS) is 15.5. The summed E-state index contributed by atoms with van der Waals surface area (Å²) >= 11 is 0. The summed E-state index contributed by atoms with van der Waals surface area (Å²) in [6.07, 6.45) is 3.30. The third-order valence-corrected chi connectivity index (χ3v) is 4.09. The van der Waals surface area contributed by atoms with Crippen molar-refractivity contribution < 1.29 is 14.7 Å². The lowest BCUT2D eigenvalue weighted by atomic mass is 10.0. The fourth-order valence-corrected chi connectivity index (χ4v) is 2.74. The van der Waals surface area contributed by atoms with Gasteiger partial charge < -0.3 is 15.7 Å². The van der Waals surface area contributed by atoms with Gasteiger partial charge in [-0.05, 0) is 44.1 Å². The lowest BCUT2D eigenvalue weighted by Crippen LogP contribution is -2.42. The predicted octanol–water partition coefficient (Wildman–Crippen LogP) is 0.892. The van der Waals surface area contributed by atoms with Crippen LogP contribution in [0, 0.1) is 0 Å². The maximum absolute atomic E-state index is 12.3. The van der Waals surface area contributed by atoms with E-state index in [-0.39, 0.29) is 17.7 Å². The van der Waals surface area contributed by atoms with E-state index < -0.39 is 6.61 Å². The van der Waals surface area contributed by atoms with Gasteiger partial charge in [-0.3, -0.25) is 14.6 Å². The van der Waals surface area contributed by atoms with E-state index in [1.54, 1.807) is 24.3 Å². The summed E-state index contributed by atoms with van der Waals surface area (Å²) in [5.74, 6) is -0.469. The van der Waals surface area contributed by atoms with Crippen molar-refractivity contribution >= 4 is 22.6 Å². The van der Waals surface area contributed by atoms with Crippen molar-refractivity contribution in [3.05, 3.63) is 41.6 Å². The number of piperidine rings is 1. The molecule has 1 aromatic carbocycles. The Labute approximate surface area is 133 Å². The SMILES string of the molecule is O=C(CO)c1cnc2cc(C(=O)NC3CCNCC3)ccc2c1. The number of ketones is 1. The van der Waals surface area contributed by atoms with E-state index >= 15 is 0 Å². The molecule has 1 fully saturated rings. The summed E-state index contributed by atoms with van der Waals surface area (Å²) in [5.41, 5.74) is 1.58. The number of benzene rings is 1. The molecule has 1 amide bonds. The van der Waals surface area contributed by atoms with Gasteiger partial charge >= 0.3 is 0 Å². The number of nitrogens with one attached hydrogen (secondary N) is 2. The first-order valence-corrected chi connectivity index (χ1v) is 7.73. The molecule has 0 bridgehead atoms. The maximum Gasteiger partial charge on any atom is 0.251 e. The van der Waals surface area contributed by atoms with Crippen LogP contribution in [0.1, 0.15) is 33.6 Å². The Balaban J connectivity index is 1.79. The summed E-state index contributed by atoms with van der Waals surface area (Å²) < 4.78 is 0. The summed E-state index contributed by atoms with van der Waals surface area (Å²) in [4.78, 5) is 28.0. The molecule has 0 atom stereocenters. The summed E-state index contributed by atoms with van der Waals surface area (Å²) in [7, 11) is 0. The highest BCUT2D eigenvalue weighted by atomic mass is 16.3. The standard InChI is InChI=1S/C17H19N3O3/c21-10-16(22)13-7-11-1-2-12(8-15(11)19-9-13)17(23)20-14-3-5-18-6-4-14/h1-2,7-9,14,18,21H,3-6,10H2,(H,20,23). The molecule has 0 unspecified atom stereocenters. The number of aliphatic hydroxyl groups is 1. The number of fused-ring (bicyclic) bond motifs is 1. The highest BCUT2D eigenvalue weighted by molar-refractivity contribution is 6.01. The van der Waals surface area contributed by atoms with Gasteiger partial charge in [-0.25, -0.2) is 0 Å². The number of Topliss-reactive ketones (excluding diaryl/α,β-unsaturated/α-hetero) is 1. The molecule has 1 aliphatic heterocycles. The zero-order valence-electron chi connectivity index (χ0n) is 12.7. The van der Waals surface area contributed by atoms with Crippen LogP contribution in [-0.4, -0.2) is 47.5 Å². The molecule has 3 rings (SSSR count). The smallest absolute Gasteiger partial charge is 0.251 e. The molecule has 2 aromatic rings. The van der Waals surface area contributed by atoms with Crippen LogP contribution in [0.15, 0.2) is 30.5 Å². The molecule has 0 spiro atoms. The molecule has 1 aromatic heterocycles. The minimum Gasteiger partial charge on any atom is -0.388 e. The van der Waals surface area contributed by atoms with E-state index in [0.29, 0.717) is 16.6 Å². The predicted molar refractivity (Wildman–Crippen MR) is 86.5 cm³/mol. The van der Waals surface area contributed by atoms with Gasteiger partial charge in [-0.2, -0.15) is 0 Å². The molecule has 1 aliphatic rings. The lowest BCUT2D eigenvalue weighted by Gasteiger charge is -2.23. The largest absolute Gasteiger partial charge is 0.388 e. The second-order valence-corrected chi connectivity index (χ2v) is 5.71. The number of carbonyl (C=O) groups excluding carboxylic acids is 2. The zero-order valence-corrected chi connectivity index (χ0v) is 12.7.